The molecule has 0 unspecified atom stereocenters. The molecular weight excluding hydrogens is 241 g/mol. The third-order valence-corrected chi connectivity index (χ3v) is 2.24. The number of para-hydroxylation sites is 1. The molecule has 0 atom stereocenters. The maximum atomic E-state index is 12.3. The number of fused-ring (bicyclic) bond motifs is 1. The minimum Gasteiger partial charge on any atom is -0.226 e. The highest BCUT2D eigenvalue weighted by molar-refractivity contribution is 6.28. The van der Waals surface area contributed by atoms with Crippen LogP contribution in [0.3, 0.4) is 0 Å². The van der Waals surface area contributed by atoms with E-state index in [1.807, 2.05) is 0 Å². The van der Waals surface area contributed by atoms with E-state index in [1.165, 1.54) is 12.3 Å². The second-order valence-electron chi connectivity index (χ2n) is 3.29. The van der Waals surface area contributed by atoms with E-state index in [4.69, 9.17) is 11.6 Å². The molecule has 16 heavy (non-hydrogen) atoms. The highest BCUT2D eigenvalue weighted by Gasteiger charge is 2.28. The van der Waals surface area contributed by atoms with Crippen LogP contribution in [-0.2, 0) is 6.42 Å². The molecule has 2 nitrogen and oxygen atoms in total. The predicted octanol–water partition coefficient (Wildman–Crippen LogP) is 3.39. The van der Waals surface area contributed by atoms with Crippen LogP contribution in [0, 0.1) is 0 Å². The van der Waals surface area contributed by atoms with Gasteiger partial charge in [0.2, 0.25) is 5.28 Å². The first-order chi connectivity index (χ1) is 7.46. The summed E-state index contributed by atoms with van der Waals surface area (Å²) in [5.74, 6) is 0. The van der Waals surface area contributed by atoms with Crippen molar-refractivity contribution >= 4 is 22.5 Å². The Morgan fingerprint density at radius 3 is 2.69 bits per heavy atom. The molecule has 1 aromatic carbocycles. The van der Waals surface area contributed by atoms with E-state index in [9.17, 15) is 13.2 Å². The maximum Gasteiger partial charge on any atom is 0.393 e. The third kappa shape index (κ3) is 2.41. The molecule has 1 heterocycles. The largest absolute Gasteiger partial charge is 0.393 e. The molecule has 0 N–H and O–H groups in total. The minimum atomic E-state index is -4.26. The summed E-state index contributed by atoms with van der Waals surface area (Å²) >= 11 is 5.56. The van der Waals surface area contributed by atoms with Crippen molar-refractivity contribution in [1.29, 1.82) is 0 Å². The second kappa shape index (κ2) is 3.90. The fourth-order valence-electron chi connectivity index (χ4n) is 1.45. The zero-order valence-corrected chi connectivity index (χ0v) is 8.68. The van der Waals surface area contributed by atoms with Gasteiger partial charge in [-0.1, -0.05) is 18.2 Å². The van der Waals surface area contributed by atoms with Gasteiger partial charge in [0.1, 0.15) is 0 Å². The molecule has 0 amide bonds. The molecule has 84 valence electrons. The fourth-order valence-corrected chi connectivity index (χ4v) is 1.59. The van der Waals surface area contributed by atoms with Crippen LogP contribution in [0.5, 0.6) is 0 Å². The molecule has 0 aliphatic heterocycles. The molecule has 0 radical (unpaired) electrons. The number of nitrogens with zero attached hydrogens (tertiary/aromatic N) is 2. The van der Waals surface area contributed by atoms with E-state index in [0.29, 0.717) is 5.39 Å². The number of benzene rings is 1. The summed E-state index contributed by atoms with van der Waals surface area (Å²) in [6.45, 7) is 0. The molecule has 0 spiro atoms. The van der Waals surface area contributed by atoms with E-state index < -0.39 is 12.6 Å². The molecular formula is C10H6ClF3N2. The molecule has 0 bridgehead atoms. The van der Waals surface area contributed by atoms with E-state index in [2.05, 4.69) is 9.97 Å². The fraction of sp³-hybridized carbons (Fsp3) is 0.200. The van der Waals surface area contributed by atoms with Crippen molar-refractivity contribution < 1.29 is 13.2 Å². The first-order valence-corrected chi connectivity index (χ1v) is 4.80. The molecule has 0 aliphatic rings. The van der Waals surface area contributed by atoms with Crippen molar-refractivity contribution in [3.8, 4) is 0 Å². The van der Waals surface area contributed by atoms with Gasteiger partial charge in [0.05, 0.1) is 11.9 Å². The Hall–Kier alpha value is -1.36. The van der Waals surface area contributed by atoms with E-state index in [0.717, 1.165) is 0 Å². The lowest BCUT2D eigenvalue weighted by Gasteiger charge is -2.08. The van der Waals surface area contributed by atoms with Gasteiger partial charge < -0.3 is 0 Å². The first-order valence-electron chi connectivity index (χ1n) is 4.42. The Labute approximate surface area is 94.1 Å². The van der Waals surface area contributed by atoms with Crippen molar-refractivity contribution in [3.05, 3.63) is 35.2 Å². The highest BCUT2D eigenvalue weighted by atomic mass is 35.5. The summed E-state index contributed by atoms with van der Waals surface area (Å²) < 4.78 is 36.9. The second-order valence-corrected chi connectivity index (χ2v) is 3.62. The Bertz CT molecular complexity index is 525. The van der Waals surface area contributed by atoms with Crippen LogP contribution >= 0.6 is 11.6 Å². The molecule has 0 saturated heterocycles. The molecule has 2 aromatic rings. The van der Waals surface area contributed by atoms with Crippen LogP contribution in [0.15, 0.2) is 24.4 Å². The van der Waals surface area contributed by atoms with Gasteiger partial charge in [-0.3, -0.25) is 0 Å². The van der Waals surface area contributed by atoms with Gasteiger partial charge in [-0.15, -0.1) is 0 Å². The number of aromatic nitrogens is 2. The normalized spacial score (nSPS) is 12.0. The molecule has 6 heteroatoms. The lowest BCUT2D eigenvalue weighted by molar-refractivity contribution is -0.127. The van der Waals surface area contributed by atoms with Gasteiger partial charge >= 0.3 is 6.18 Å². The smallest absolute Gasteiger partial charge is 0.226 e. The number of hydrogen-bond donors (Lipinski definition) is 0. The first kappa shape index (κ1) is 11.1. The van der Waals surface area contributed by atoms with Gasteiger partial charge in [-0.25, -0.2) is 9.97 Å². The van der Waals surface area contributed by atoms with E-state index in [1.54, 1.807) is 12.1 Å². The van der Waals surface area contributed by atoms with Crippen LogP contribution in [0.1, 0.15) is 5.56 Å². The summed E-state index contributed by atoms with van der Waals surface area (Å²) in [6, 6.07) is 4.57. The monoisotopic (exact) mass is 246 g/mol. The van der Waals surface area contributed by atoms with Gasteiger partial charge in [0.25, 0.3) is 0 Å². The number of alkyl halides is 3. The Balaban J connectivity index is 2.56. The lowest BCUT2D eigenvalue weighted by atomic mass is 10.1. The summed E-state index contributed by atoms with van der Waals surface area (Å²) in [5, 5.41) is 0.494. The molecule has 1 aromatic heterocycles. The summed E-state index contributed by atoms with van der Waals surface area (Å²) in [6.07, 6.45) is -3.87. The summed E-state index contributed by atoms with van der Waals surface area (Å²) in [7, 11) is 0. The molecule has 0 saturated carbocycles. The Kier molecular flexibility index (Phi) is 2.71. The van der Waals surface area contributed by atoms with Gasteiger partial charge in [-0.05, 0) is 17.2 Å². The molecule has 0 fully saturated rings. The van der Waals surface area contributed by atoms with Crippen molar-refractivity contribution in [2.24, 2.45) is 0 Å². The van der Waals surface area contributed by atoms with E-state index >= 15 is 0 Å². The number of hydrogen-bond acceptors (Lipinski definition) is 2. The quantitative estimate of drug-likeness (QED) is 0.721. The number of halogens is 4. The van der Waals surface area contributed by atoms with Crippen molar-refractivity contribution in [2.75, 3.05) is 0 Å². The van der Waals surface area contributed by atoms with Crippen LogP contribution in [0.25, 0.3) is 10.9 Å². The average Bonchev–Trinajstić information content (AvgIpc) is 2.17. The topological polar surface area (TPSA) is 25.8 Å². The lowest BCUT2D eigenvalue weighted by Crippen LogP contribution is -2.12. The highest BCUT2D eigenvalue weighted by Crippen LogP contribution is 2.25. The Morgan fingerprint density at radius 1 is 1.25 bits per heavy atom. The zero-order valence-electron chi connectivity index (χ0n) is 7.92. The van der Waals surface area contributed by atoms with Gasteiger partial charge in [0.15, 0.2) is 0 Å². The maximum absolute atomic E-state index is 12.3. The van der Waals surface area contributed by atoms with Crippen LogP contribution in [-0.4, -0.2) is 16.1 Å². The average molecular weight is 247 g/mol. The Morgan fingerprint density at radius 2 is 2.00 bits per heavy atom. The third-order valence-electron chi connectivity index (χ3n) is 2.06. The van der Waals surface area contributed by atoms with E-state index in [-0.39, 0.29) is 16.4 Å². The summed E-state index contributed by atoms with van der Waals surface area (Å²) in [4.78, 5) is 7.53. The van der Waals surface area contributed by atoms with Crippen LogP contribution in [0.4, 0.5) is 13.2 Å². The predicted molar refractivity (Wildman–Crippen MR) is 54.3 cm³/mol. The van der Waals surface area contributed by atoms with Crippen molar-refractivity contribution in [3.63, 3.8) is 0 Å². The SMILES string of the molecule is FC(F)(F)Cc1cccc2cnc(Cl)nc12. The van der Waals surface area contributed by atoms with Crippen molar-refractivity contribution in [1.82, 2.24) is 9.97 Å². The van der Waals surface area contributed by atoms with Crippen molar-refractivity contribution in [2.45, 2.75) is 12.6 Å². The van der Waals surface area contributed by atoms with Gasteiger partial charge in [0, 0.05) is 11.6 Å². The zero-order chi connectivity index (χ0) is 11.8. The van der Waals surface area contributed by atoms with Gasteiger partial charge in [-0.2, -0.15) is 13.2 Å². The number of rotatable bonds is 1. The summed E-state index contributed by atoms with van der Waals surface area (Å²) in [5.41, 5.74) is 0.356. The molecule has 2 rings (SSSR count). The minimum absolute atomic E-state index is 0.0536. The van der Waals surface area contributed by atoms with Crippen LogP contribution in [0.2, 0.25) is 5.28 Å². The van der Waals surface area contributed by atoms with Crippen LogP contribution < -0.4 is 0 Å². The molecule has 0 aliphatic carbocycles. The standard InChI is InChI=1S/C10H6ClF3N2/c11-9-15-5-7-3-1-2-6(8(7)16-9)4-10(12,13)14/h1-3,5H,4H2.